The van der Waals surface area contributed by atoms with Crippen molar-refractivity contribution in [1.82, 2.24) is 14.3 Å². The zero-order chi connectivity index (χ0) is 15.0. The molecule has 0 saturated heterocycles. The Morgan fingerprint density at radius 3 is 2.81 bits per heavy atom. The van der Waals surface area contributed by atoms with Crippen LogP contribution in [0.15, 0.2) is 34.9 Å². The van der Waals surface area contributed by atoms with E-state index in [2.05, 4.69) is 32.5 Å². The fourth-order valence-electron chi connectivity index (χ4n) is 2.58. The Morgan fingerprint density at radius 1 is 1.33 bits per heavy atom. The van der Waals surface area contributed by atoms with Crippen molar-refractivity contribution >= 4 is 33.1 Å². The summed E-state index contributed by atoms with van der Waals surface area (Å²) in [6.07, 6.45) is 3.83. The highest BCUT2D eigenvalue weighted by molar-refractivity contribution is 9.10. The molecule has 0 aliphatic rings. The molecule has 5 heteroatoms. The van der Waals surface area contributed by atoms with Gasteiger partial charge in [-0.2, -0.15) is 5.10 Å². The van der Waals surface area contributed by atoms with E-state index in [9.17, 15) is 4.79 Å². The summed E-state index contributed by atoms with van der Waals surface area (Å²) < 4.78 is 5.18. The van der Waals surface area contributed by atoms with E-state index in [1.807, 2.05) is 42.2 Å². The average molecular weight is 346 g/mol. The molecule has 0 bridgehead atoms. The number of halogens is 1. The summed E-state index contributed by atoms with van der Waals surface area (Å²) in [5, 5.41) is 5.60. The Bertz CT molecular complexity index is 816. The van der Waals surface area contributed by atoms with Gasteiger partial charge in [0.15, 0.2) is 0 Å². The minimum absolute atomic E-state index is 0.704. The van der Waals surface area contributed by atoms with E-state index in [1.54, 1.807) is 0 Å². The van der Waals surface area contributed by atoms with E-state index in [1.165, 1.54) is 0 Å². The van der Waals surface area contributed by atoms with Crippen molar-refractivity contribution in [2.24, 2.45) is 7.05 Å². The molecule has 0 N–H and O–H groups in total. The zero-order valence-corrected chi connectivity index (χ0v) is 13.6. The second kappa shape index (κ2) is 5.48. The van der Waals surface area contributed by atoms with Gasteiger partial charge in [-0.15, -0.1) is 0 Å². The Balaban J connectivity index is 2.02. The highest BCUT2D eigenvalue weighted by atomic mass is 79.9. The van der Waals surface area contributed by atoms with Crippen LogP contribution in [-0.4, -0.2) is 20.6 Å². The quantitative estimate of drug-likeness (QED) is 0.678. The maximum Gasteiger partial charge on any atom is 0.150 e. The molecule has 0 atom stereocenters. The van der Waals surface area contributed by atoms with Crippen LogP contribution in [0.3, 0.4) is 0 Å². The second-order valence-electron chi connectivity index (χ2n) is 5.06. The van der Waals surface area contributed by atoms with Crippen molar-refractivity contribution < 1.29 is 4.79 Å². The number of carbonyl (C=O) groups excluding carboxylic acids is 1. The second-order valence-corrected chi connectivity index (χ2v) is 5.86. The van der Waals surface area contributed by atoms with Crippen molar-refractivity contribution in [3.05, 3.63) is 51.9 Å². The van der Waals surface area contributed by atoms with E-state index in [4.69, 9.17) is 0 Å². The first-order chi connectivity index (χ1) is 10.1. The SMILES string of the molecule is CCc1nn(C)c(Cn2ccc3cc(C=O)ccc32)c1Br. The number of nitrogens with zero attached hydrogens (tertiary/aromatic N) is 3. The molecule has 0 fully saturated rings. The van der Waals surface area contributed by atoms with Gasteiger partial charge in [0.25, 0.3) is 0 Å². The third kappa shape index (κ3) is 2.42. The van der Waals surface area contributed by atoms with Crippen molar-refractivity contribution in [3.63, 3.8) is 0 Å². The molecule has 3 aromatic rings. The van der Waals surface area contributed by atoms with E-state index in [0.29, 0.717) is 5.56 Å². The van der Waals surface area contributed by atoms with Crippen molar-refractivity contribution in [1.29, 1.82) is 0 Å². The summed E-state index contributed by atoms with van der Waals surface area (Å²) >= 11 is 3.65. The topological polar surface area (TPSA) is 39.8 Å². The lowest BCUT2D eigenvalue weighted by Crippen LogP contribution is -2.05. The molecule has 2 heterocycles. The monoisotopic (exact) mass is 345 g/mol. The average Bonchev–Trinajstić information content (AvgIpc) is 3.02. The molecule has 1 aromatic carbocycles. The highest BCUT2D eigenvalue weighted by Crippen LogP contribution is 2.24. The van der Waals surface area contributed by atoms with Crippen LogP contribution < -0.4 is 0 Å². The van der Waals surface area contributed by atoms with Crippen LogP contribution in [0.2, 0.25) is 0 Å². The van der Waals surface area contributed by atoms with E-state index in [-0.39, 0.29) is 0 Å². The minimum atomic E-state index is 0.704. The zero-order valence-electron chi connectivity index (χ0n) is 12.0. The molecule has 108 valence electrons. The Morgan fingerprint density at radius 2 is 2.14 bits per heavy atom. The van der Waals surface area contributed by atoms with Gasteiger partial charge in [0.2, 0.25) is 0 Å². The highest BCUT2D eigenvalue weighted by Gasteiger charge is 2.13. The van der Waals surface area contributed by atoms with Gasteiger partial charge in [-0.05, 0) is 46.6 Å². The minimum Gasteiger partial charge on any atom is -0.341 e. The van der Waals surface area contributed by atoms with Gasteiger partial charge >= 0.3 is 0 Å². The van der Waals surface area contributed by atoms with Crippen molar-refractivity contribution in [3.8, 4) is 0 Å². The molecule has 0 aliphatic carbocycles. The first-order valence-electron chi connectivity index (χ1n) is 6.88. The normalized spacial score (nSPS) is 11.2. The molecule has 0 saturated carbocycles. The van der Waals surface area contributed by atoms with Crippen molar-refractivity contribution in [2.45, 2.75) is 19.9 Å². The molecule has 21 heavy (non-hydrogen) atoms. The number of hydrogen-bond acceptors (Lipinski definition) is 2. The third-order valence-corrected chi connectivity index (χ3v) is 4.67. The first kappa shape index (κ1) is 14.1. The number of carbonyl (C=O) groups is 1. The fraction of sp³-hybridized carbons (Fsp3) is 0.250. The van der Waals surface area contributed by atoms with Crippen LogP contribution in [0.25, 0.3) is 10.9 Å². The Labute approximate surface area is 131 Å². The number of hydrogen-bond donors (Lipinski definition) is 0. The van der Waals surface area contributed by atoms with Crippen LogP contribution >= 0.6 is 15.9 Å². The lowest BCUT2D eigenvalue weighted by atomic mass is 10.2. The Kier molecular flexibility index (Phi) is 3.68. The number of aromatic nitrogens is 3. The number of rotatable bonds is 4. The van der Waals surface area contributed by atoms with Gasteiger partial charge < -0.3 is 4.57 Å². The molecule has 3 rings (SSSR count). The summed E-state index contributed by atoms with van der Waals surface area (Å²) in [5.74, 6) is 0. The van der Waals surface area contributed by atoms with Crippen LogP contribution in [0.1, 0.15) is 28.7 Å². The first-order valence-corrected chi connectivity index (χ1v) is 7.67. The van der Waals surface area contributed by atoms with Gasteiger partial charge in [0.1, 0.15) is 6.29 Å². The summed E-state index contributed by atoms with van der Waals surface area (Å²) in [6, 6.07) is 7.79. The van der Waals surface area contributed by atoms with E-state index in [0.717, 1.165) is 46.0 Å². The lowest BCUT2D eigenvalue weighted by molar-refractivity contribution is 0.112. The van der Waals surface area contributed by atoms with Crippen molar-refractivity contribution in [2.75, 3.05) is 0 Å². The third-order valence-electron chi connectivity index (χ3n) is 3.75. The molecule has 4 nitrogen and oxygen atoms in total. The summed E-state index contributed by atoms with van der Waals surface area (Å²) in [4.78, 5) is 10.8. The Hall–Kier alpha value is -1.88. The molecule has 0 amide bonds. The molecular weight excluding hydrogens is 330 g/mol. The smallest absolute Gasteiger partial charge is 0.150 e. The maximum atomic E-state index is 10.8. The maximum absolute atomic E-state index is 10.8. The summed E-state index contributed by atoms with van der Waals surface area (Å²) in [6.45, 7) is 2.84. The fourth-order valence-corrected chi connectivity index (χ4v) is 3.32. The van der Waals surface area contributed by atoms with Crippen LogP contribution in [0.5, 0.6) is 0 Å². The van der Waals surface area contributed by atoms with Gasteiger partial charge in [-0.1, -0.05) is 6.92 Å². The van der Waals surface area contributed by atoms with Crippen LogP contribution in [0, 0.1) is 0 Å². The molecule has 0 spiro atoms. The van der Waals surface area contributed by atoms with Crippen LogP contribution in [-0.2, 0) is 20.0 Å². The van der Waals surface area contributed by atoms with Gasteiger partial charge in [-0.25, -0.2) is 0 Å². The van der Waals surface area contributed by atoms with E-state index < -0.39 is 0 Å². The summed E-state index contributed by atoms with van der Waals surface area (Å²) in [7, 11) is 1.97. The molecular formula is C16H16BrN3O. The number of fused-ring (bicyclic) bond motifs is 1. The summed E-state index contributed by atoms with van der Waals surface area (Å²) in [5.41, 5.74) is 4.04. The van der Waals surface area contributed by atoms with E-state index >= 15 is 0 Å². The lowest BCUT2D eigenvalue weighted by Gasteiger charge is -2.07. The molecule has 0 aliphatic heterocycles. The predicted octanol–water partition coefficient (Wildman–Crippen LogP) is 3.56. The standard InChI is InChI=1S/C16H16BrN3O/c1-3-13-16(17)15(19(2)18-13)9-20-7-6-12-8-11(10-21)4-5-14(12)20/h4-8,10H,3,9H2,1-2H3. The number of aldehydes is 1. The molecule has 2 aromatic heterocycles. The predicted molar refractivity (Wildman–Crippen MR) is 86.7 cm³/mol. The largest absolute Gasteiger partial charge is 0.341 e. The number of benzene rings is 1. The number of aryl methyl sites for hydroxylation is 2. The van der Waals surface area contributed by atoms with Gasteiger partial charge in [0.05, 0.1) is 22.4 Å². The van der Waals surface area contributed by atoms with Gasteiger partial charge in [0, 0.05) is 29.7 Å². The molecule has 0 unspecified atom stereocenters. The molecule has 0 radical (unpaired) electrons. The van der Waals surface area contributed by atoms with Crippen LogP contribution in [0.4, 0.5) is 0 Å². The van der Waals surface area contributed by atoms with Gasteiger partial charge in [-0.3, -0.25) is 9.48 Å².